The van der Waals surface area contributed by atoms with Crippen LogP contribution in [0.3, 0.4) is 0 Å². The van der Waals surface area contributed by atoms with Crippen LogP contribution in [0.4, 0.5) is 0 Å². The van der Waals surface area contributed by atoms with Crippen molar-refractivity contribution in [1.29, 1.82) is 0 Å². The van der Waals surface area contributed by atoms with Gasteiger partial charge in [-0.05, 0) is 31.5 Å². The Hall–Kier alpha value is -1.89. The molecule has 2 heterocycles. The molecule has 0 saturated carbocycles. The third-order valence-corrected chi connectivity index (χ3v) is 3.87. The number of hydrogen-bond acceptors (Lipinski definition) is 6. The van der Waals surface area contributed by atoms with Gasteiger partial charge in [0, 0.05) is 23.9 Å². The molecular formula is C16H18O6. The Balaban J connectivity index is 1.84. The van der Waals surface area contributed by atoms with Crippen molar-refractivity contribution in [2.45, 2.75) is 44.9 Å². The van der Waals surface area contributed by atoms with Gasteiger partial charge in [0.1, 0.15) is 17.4 Å². The Bertz CT molecular complexity index is 725. The number of hydrogen-bond donors (Lipinski definition) is 2. The molecule has 1 fully saturated rings. The summed E-state index contributed by atoms with van der Waals surface area (Å²) in [6, 6.07) is 6.61. The summed E-state index contributed by atoms with van der Waals surface area (Å²) in [5, 5.41) is 20.3. The average molecular weight is 306 g/mol. The monoisotopic (exact) mass is 306 g/mol. The van der Waals surface area contributed by atoms with Crippen molar-refractivity contribution in [3.63, 3.8) is 0 Å². The molecule has 0 aliphatic carbocycles. The van der Waals surface area contributed by atoms with Crippen LogP contribution < -0.4 is 10.4 Å². The van der Waals surface area contributed by atoms with Crippen molar-refractivity contribution < 1.29 is 24.1 Å². The van der Waals surface area contributed by atoms with Gasteiger partial charge in [0.25, 0.3) is 0 Å². The maximum absolute atomic E-state index is 11.4. The Labute approximate surface area is 126 Å². The predicted octanol–water partition coefficient (Wildman–Crippen LogP) is 1.34. The standard InChI is InChI=1S/C16H18O6/c1-8-5-14(18)22-13-6-10(3-4-11(8)13)21-15-7-12(17)16(19)9(2)20-15/h3-6,9,12,15-17,19H,7H2,1-2H3/t9-,12-,15-,16-/m0/s1. The fourth-order valence-electron chi connectivity index (χ4n) is 2.63. The Morgan fingerprint density at radius 3 is 2.77 bits per heavy atom. The fourth-order valence-corrected chi connectivity index (χ4v) is 2.63. The third-order valence-electron chi connectivity index (χ3n) is 3.87. The third kappa shape index (κ3) is 2.85. The van der Waals surface area contributed by atoms with Gasteiger partial charge in [-0.3, -0.25) is 0 Å². The molecule has 0 radical (unpaired) electrons. The number of ether oxygens (including phenoxy) is 2. The normalized spacial score (nSPS) is 28.7. The van der Waals surface area contributed by atoms with E-state index in [-0.39, 0.29) is 6.42 Å². The number of aliphatic hydroxyl groups excluding tert-OH is 2. The van der Waals surface area contributed by atoms with E-state index in [1.54, 1.807) is 25.1 Å². The van der Waals surface area contributed by atoms with Crippen LogP contribution >= 0.6 is 0 Å². The molecule has 2 N–H and O–H groups in total. The van der Waals surface area contributed by atoms with Crippen LogP contribution in [0.2, 0.25) is 0 Å². The number of fused-ring (bicyclic) bond motifs is 1. The molecule has 2 aromatic rings. The minimum absolute atomic E-state index is 0.168. The zero-order valence-electron chi connectivity index (χ0n) is 12.4. The highest BCUT2D eigenvalue weighted by molar-refractivity contribution is 5.81. The first-order valence-corrected chi connectivity index (χ1v) is 7.17. The summed E-state index contributed by atoms with van der Waals surface area (Å²) in [6.45, 7) is 3.51. The van der Waals surface area contributed by atoms with Gasteiger partial charge in [-0.25, -0.2) is 4.79 Å². The van der Waals surface area contributed by atoms with Gasteiger partial charge >= 0.3 is 5.63 Å². The second-order valence-electron chi connectivity index (χ2n) is 5.59. The molecule has 0 unspecified atom stereocenters. The lowest BCUT2D eigenvalue weighted by atomic mass is 10.0. The maximum atomic E-state index is 11.4. The van der Waals surface area contributed by atoms with Gasteiger partial charge in [0.15, 0.2) is 0 Å². The van der Waals surface area contributed by atoms with E-state index in [2.05, 4.69) is 0 Å². The number of benzene rings is 1. The predicted molar refractivity (Wildman–Crippen MR) is 78.8 cm³/mol. The molecule has 1 aliphatic heterocycles. The van der Waals surface area contributed by atoms with Crippen molar-refractivity contribution >= 4 is 11.0 Å². The SMILES string of the molecule is Cc1cc(=O)oc2cc(O[C@H]3C[C@H](O)[C@@H](O)[C@H](C)O3)ccc12. The van der Waals surface area contributed by atoms with Crippen LogP contribution in [-0.4, -0.2) is 34.8 Å². The summed E-state index contributed by atoms with van der Waals surface area (Å²) in [5.74, 6) is 0.474. The molecule has 118 valence electrons. The largest absolute Gasteiger partial charge is 0.465 e. The minimum atomic E-state index is -0.919. The zero-order valence-corrected chi connectivity index (χ0v) is 12.4. The first kappa shape index (κ1) is 15.0. The van der Waals surface area contributed by atoms with Gasteiger partial charge in [0.05, 0.1) is 12.2 Å². The van der Waals surface area contributed by atoms with Gasteiger partial charge in [0.2, 0.25) is 6.29 Å². The molecule has 1 aliphatic rings. The van der Waals surface area contributed by atoms with E-state index in [4.69, 9.17) is 13.9 Å². The topological polar surface area (TPSA) is 89.1 Å². The van der Waals surface area contributed by atoms with Crippen LogP contribution in [-0.2, 0) is 4.74 Å². The van der Waals surface area contributed by atoms with E-state index in [1.165, 1.54) is 6.07 Å². The van der Waals surface area contributed by atoms with E-state index in [9.17, 15) is 15.0 Å². The number of aliphatic hydroxyl groups is 2. The first-order valence-electron chi connectivity index (χ1n) is 7.17. The molecule has 0 amide bonds. The number of rotatable bonds is 2. The van der Waals surface area contributed by atoms with Crippen LogP contribution in [0.25, 0.3) is 11.0 Å². The summed E-state index contributed by atoms with van der Waals surface area (Å²) in [5.41, 5.74) is 0.856. The second kappa shape index (κ2) is 5.72. The van der Waals surface area contributed by atoms with Crippen molar-refractivity contribution in [2.75, 3.05) is 0 Å². The highest BCUT2D eigenvalue weighted by atomic mass is 16.7. The van der Waals surface area contributed by atoms with Crippen LogP contribution in [0.5, 0.6) is 5.75 Å². The molecule has 1 aromatic carbocycles. The molecule has 6 nitrogen and oxygen atoms in total. The first-order chi connectivity index (χ1) is 10.4. The molecule has 0 spiro atoms. The van der Waals surface area contributed by atoms with E-state index in [0.717, 1.165) is 10.9 Å². The average Bonchev–Trinajstić information content (AvgIpc) is 2.44. The van der Waals surface area contributed by atoms with Gasteiger partial charge in [-0.1, -0.05) is 0 Å². The smallest absolute Gasteiger partial charge is 0.336 e. The Morgan fingerprint density at radius 2 is 2.05 bits per heavy atom. The fraction of sp³-hybridized carbons (Fsp3) is 0.438. The lowest BCUT2D eigenvalue weighted by Crippen LogP contribution is -2.48. The summed E-state index contributed by atoms with van der Waals surface area (Å²) < 4.78 is 16.4. The van der Waals surface area contributed by atoms with Crippen molar-refractivity contribution in [3.8, 4) is 5.75 Å². The molecule has 1 aromatic heterocycles. The van der Waals surface area contributed by atoms with Gasteiger partial charge in [-0.15, -0.1) is 0 Å². The maximum Gasteiger partial charge on any atom is 0.336 e. The van der Waals surface area contributed by atoms with Crippen molar-refractivity contribution in [1.82, 2.24) is 0 Å². The van der Waals surface area contributed by atoms with E-state index >= 15 is 0 Å². The molecule has 1 saturated heterocycles. The highest BCUT2D eigenvalue weighted by Crippen LogP contribution is 2.26. The molecule has 6 heteroatoms. The van der Waals surface area contributed by atoms with Crippen molar-refractivity contribution in [2.24, 2.45) is 0 Å². The Kier molecular flexibility index (Phi) is 3.90. The quantitative estimate of drug-likeness (QED) is 0.814. The highest BCUT2D eigenvalue weighted by Gasteiger charge is 2.35. The molecular weight excluding hydrogens is 288 g/mol. The summed E-state index contributed by atoms with van der Waals surface area (Å²) in [6.07, 6.45) is -2.83. The molecule has 4 atom stereocenters. The van der Waals surface area contributed by atoms with Crippen LogP contribution in [0.1, 0.15) is 18.9 Å². The van der Waals surface area contributed by atoms with Crippen molar-refractivity contribution in [3.05, 3.63) is 40.2 Å². The van der Waals surface area contributed by atoms with Gasteiger partial charge < -0.3 is 24.1 Å². The molecule has 3 rings (SSSR count). The molecule has 22 heavy (non-hydrogen) atoms. The van der Waals surface area contributed by atoms with Crippen LogP contribution in [0.15, 0.2) is 33.5 Å². The second-order valence-corrected chi connectivity index (χ2v) is 5.59. The molecule has 0 bridgehead atoms. The van der Waals surface area contributed by atoms with E-state index in [0.29, 0.717) is 11.3 Å². The summed E-state index contributed by atoms with van der Waals surface area (Å²) >= 11 is 0. The summed E-state index contributed by atoms with van der Waals surface area (Å²) in [7, 11) is 0. The Morgan fingerprint density at radius 1 is 1.27 bits per heavy atom. The van der Waals surface area contributed by atoms with E-state index < -0.39 is 30.2 Å². The summed E-state index contributed by atoms with van der Waals surface area (Å²) in [4.78, 5) is 11.4. The number of aryl methyl sites for hydroxylation is 1. The van der Waals surface area contributed by atoms with Gasteiger partial charge in [-0.2, -0.15) is 0 Å². The lowest BCUT2D eigenvalue weighted by molar-refractivity contribution is -0.216. The lowest BCUT2D eigenvalue weighted by Gasteiger charge is -2.35. The van der Waals surface area contributed by atoms with E-state index in [1.807, 2.05) is 6.92 Å². The zero-order chi connectivity index (χ0) is 15.9. The minimum Gasteiger partial charge on any atom is -0.465 e. The van der Waals surface area contributed by atoms with Crippen LogP contribution in [0, 0.1) is 6.92 Å².